The van der Waals surface area contributed by atoms with Crippen molar-refractivity contribution in [3.63, 3.8) is 0 Å². The Morgan fingerprint density at radius 2 is 1.14 bits per heavy atom. The highest BCUT2D eigenvalue weighted by Gasteiger charge is 2.41. The summed E-state index contributed by atoms with van der Waals surface area (Å²) in [5.74, 6) is -5.37. The molecule has 0 fully saturated rings. The van der Waals surface area contributed by atoms with Gasteiger partial charge in [0.15, 0.2) is 0 Å². The molecule has 0 aromatic heterocycles. The SMILES string of the molecule is Cc1ccc(C(=O)O[C@H](C(=O)Nc2ccc(F)cc2)[C@@H](OC(=O)c2ccc(C)cc2)C(=O)O)cc1. The number of esters is 2. The summed E-state index contributed by atoms with van der Waals surface area (Å²) in [6.45, 7) is 3.61. The Bertz CT molecular complexity index is 1220. The van der Waals surface area contributed by atoms with Crippen LogP contribution in [0.5, 0.6) is 0 Å². The number of aryl methyl sites for hydroxylation is 2. The highest BCUT2D eigenvalue weighted by Crippen LogP contribution is 2.17. The Morgan fingerprint density at radius 3 is 1.57 bits per heavy atom. The highest BCUT2D eigenvalue weighted by molar-refractivity contribution is 6.01. The maximum absolute atomic E-state index is 13.2. The molecular weight excluding hydrogens is 457 g/mol. The van der Waals surface area contributed by atoms with Crippen LogP contribution in [0.1, 0.15) is 31.8 Å². The Morgan fingerprint density at radius 1 is 0.714 bits per heavy atom. The van der Waals surface area contributed by atoms with E-state index in [1.807, 2.05) is 0 Å². The van der Waals surface area contributed by atoms with E-state index in [0.29, 0.717) is 0 Å². The van der Waals surface area contributed by atoms with E-state index in [4.69, 9.17) is 9.47 Å². The average molecular weight is 479 g/mol. The van der Waals surface area contributed by atoms with Crippen LogP contribution in [-0.2, 0) is 19.1 Å². The molecule has 2 atom stereocenters. The maximum Gasteiger partial charge on any atom is 0.349 e. The number of hydrogen-bond donors (Lipinski definition) is 2. The van der Waals surface area contributed by atoms with Gasteiger partial charge in [0.05, 0.1) is 11.1 Å². The van der Waals surface area contributed by atoms with Gasteiger partial charge in [-0.15, -0.1) is 0 Å². The molecule has 3 aromatic rings. The van der Waals surface area contributed by atoms with Gasteiger partial charge in [-0.25, -0.2) is 18.8 Å². The lowest BCUT2D eigenvalue weighted by Gasteiger charge is -2.23. The summed E-state index contributed by atoms with van der Waals surface area (Å²) in [6, 6.07) is 16.9. The Kier molecular flexibility index (Phi) is 7.93. The normalized spacial score (nSPS) is 12.2. The lowest BCUT2D eigenvalue weighted by molar-refractivity contribution is -0.157. The molecular formula is C26H22FNO7. The van der Waals surface area contributed by atoms with Crippen LogP contribution in [0.25, 0.3) is 0 Å². The summed E-state index contributed by atoms with van der Waals surface area (Å²) in [4.78, 5) is 50.3. The maximum atomic E-state index is 13.2. The minimum atomic E-state index is -2.17. The number of hydrogen-bond acceptors (Lipinski definition) is 6. The minimum Gasteiger partial charge on any atom is -0.478 e. The monoisotopic (exact) mass is 479 g/mol. The van der Waals surface area contributed by atoms with Crippen molar-refractivity contribution in [3.8, 4) is 0 Å². The van der Waals surface area contributed by atoms with E-state index >= 15 is 0 Å². The molecule has 8 nitrogen and oxygen atoms in total. The van der Waals surface area contributed by atoms with Crippen molar-refractivity contribution in [3.05, 3.63) is 101 Å². The van der Waals surface area contributed by atoms with Gasteiger partial charge in [0, 0.05) is 5.69 Å². The van der Waals surface area contributed by atoms with E-state index in [9.17, 15) is 28.7 Å². The third-order valence-electron chi connectivity index (χ3n) is 4.93. The average Bonchev–Trinajstić information content (AvgIpc) is 2.83. The number of nitrogens with one attached hydrogen (secondary N) is 1. The Hall–Kier alpha value is -4.53. The number of carbonyl (C=O) groups is 4. The molecule has 2 N–H and O–H groups in total. The smallest absolute Gasteiger partial charge is 0.349 e. The molecule has 0 spiro atoms. The van der Waals surface area contributed by atoms with Crippen LogP contribution in [-0.4, -0.2) is 41.1 Å². The van der Waals surface area contributed by atoms with Gasteiger partial charge in [0.25, 0.3) is 5.91 Å². The van der Waals surface area contributed by atoms with Gasteiger partial charge in [-0.1, -0.05) is 35.4 Å². The Balaban J connectivity index is 1.90. The predicted molar refractivity (Wildman–Crippen MR) is 123 cm³/mol. The third kappa shape index (κ3) is 6.73. The molecule has 0 saturated heterocycles. The molecule has 9 heteroatoms. The van der Waals surface area contributed by atoms with E-state index < -0.39 is 41.8 Å². The number of ether oxygens (including phenoxy) is 2. The van der Waals surface area contributed by atoms with Crippen LogP contribution < -0.4 is 5.32 Å². The number of carboxylic acid groups (broad SMARTS) is 1. The molecule has 0 aliphatic carbocycles. The molecule has 0 aliphatic heterocycles. The first-order chi connectivity index (χ1) is 16.6. The standard InChI is InChI=1S/C26H22FNO7/c1-15-3-7-17(8-4-15)25(32)34-21(23(29)28-20-13-11-19(27)12-14-20)22(24(30)31)35-26(33)18-9-5-16(2)6-10-18/h3-14,21-22H,1-2H3,(H,28,29)(H,30,31)/t21-,22+/m0/s1. The second kappa shape index (κ2) is 11.1. The molecule has 180 valence electrons. The van der Waals surface area contributed by atoms with Crippen LogP contribution in [0.2, 0.25) is 0 Å². The van der Waals surface area contributed by atoms with Crippen LogP contribution >= 0.6 is 0 Å². The number of carbonyl (C=O) groups excluding carboxylic acids is 3. The van der Waals surface area contributed by atoms with E-state index in [0.717, 1.165) is 23.3 Å². The molecule has 0 saturated carbocycles. The summed E-state index contributed by atoms with van der Waals surface area (Å²) in [6.07, 6.45) is -4.22. The van der Waals surface area contributed by atoms with Crippen LogP contribution in [0.15, 0.2) is 72.8 Å². The molecule has 0 radical (unpaired) electrons. The molecule has 3 aromatic carbocycles. The van der Waals surface area contributed by atoms with Gasteiger partial charge >= 0.3 is 17.9 Å². The summed E-state index contributed by atoms with van der Waals surface area (Å²) < 4.78 is 23.5. The summed E-state index contributed by atoms with van der Waals surface area (Å²) in [7, 11) is 0. The van der Waals surface area contributed by atoms with E-state index in [2.05, 4.69) is 5.32 Å². The van der Waals surface area contributed by atoms with Crippen molar-refractivity contribution in [1.82, 2.24) is 0 Å². The largest absolute Gasteiger partial charge is 0.478 e. The second-order valence-electron chi connectivity index (χ2n) is 7.72. The van der Waals surface area contributed by atoms with Gasteiger partial charge in [0.2, 0.25) is 12.2 Å². The minimum absolute atomic E-state index is 0.0457. The van der Waals surface area contributed by atoms with Gasteiger partial charge < -0.3 is 19.9 Å². The zero-order chi connectivity index (χ0) is 25.5. The molecule has 3 rings (SSSR count). The number of amides is 1. The number of anilines is 1. The second-order valence-corrected chi connectivity index (χ2v) is 7.72. The van der Waals surface area contributed by atoms with Crippen molar-refractivity contribution >= 4 is 29.5 Å². The van der Waals surface area contributed by atoms with Gasteiger partial charge in [-0.05, 0) is 62.4 Å². The van der Waals surface area contributed by atoms with Crippen molar-refractivity contribution in [1.29, 1.82) is 0 Å². The molecule has 0 aliphatic rings. The van der Waals surface area contributed by atoms with Gasteiger partial charge in [-0.3, -0.25) is 4.79 Å². The zero-order valence-corrected chi connectivity index (χ0v) is 18.9. The molecule has 0 heterocycles. The molecule has 35 heavy (non-hydrogen) atoms. The van der Waals surface area contributed by atoms with Crippen molar-refractivity contribution < 1.29 is 38.1 Å². The predicted octanol–water partition coefficient (Wildman–Crippen LogP) is 3.92. The lowest BCUT2D eigenvalue weighted by Crippen LogP contribution is -2.48. The first-order valence-electron chi connectivity index (χ1n) is 10.5. The summed E-state index contributed by atoms with van der Waals surface area (Å²) in [5, 5.41) is 12.1. The molecule has 1 amide bonds. The number of halogens is 1. The highest BCUT2D eigenvalue weighted by atomic mass is 19.1. The third-order valence-corrected chi connectivity index (χ3v) is 4.93. The van der Waals surface area contributed by atoms with Crippen LogP contribution in [0.3, 0.4) is 0 Å². The van der Waals surface area contributed by atoms with Crippen molar-refractivity contribution in [2.75, 3.05) is 5.32 Å². The van der Waals surface area contributed by atoms with Gasteiger partial charge in [-0.2, -0.15) is 0 Å². The number of aliphatic carboxylic acids is 1. The number of rotatable bonds is 8. The topological polar surface area (TPSA) is 119 Å². The van der Waals surface area contributed by atoms with E-state index in [1.54, 1.807) is 38.1 Å². The first kappa shape index (κ1) is 25.1. The summed E-state index contributed by atoms with van der Waals surface area (Å²) in [5.41, 5.74) is 1.94. The fourth-order valence-corrected chi connectivity index (χ4v) is 2.99. The van der Waals surface area contributed by atoms with Crippen molar-refractivity contribution in [2.24, 2.45) is 0 Å². The van der Waals surface area contributed by atoms with Crippen LogP contribution in [0.4, 0.5) is 10.1 Å². The lowest BCUT2D eigenvalue weighted by atomic mass is 10.1. The number of carboxylic acids is 1. The van der Waals surface area contributed by atoms with E-state index in [-0.39, 0.29) is 16.8 Å². The number of benzene rings is 3. The quantitative estimate of drug-likeness (QED) is 0.470. The fourth-order valence-electron chi connectivity index (χ4n) is 2.99. The van der Waals surface area contributed by atoms with Gasteiger partial charge in [0.1, 0.15) is 5.82 Å². The first-order valence-corrected chi connectivity index (χ1v) is 10.5. The fraction of sp³-hybridized carbons (Fsp3) is 0.154. The molecule has 0 unspecified atom stereocenters. The summed E-state index contributed by atoms with van der Waals surface area (Å²) >= 11 is 0. The Labute approximate surface area is 200 Å². The van der Waals surface area contributed by atoms with E-state index in [1.165, 1.54) is 36.4 Å². The van der Waals surface area contributed by atoms with Crippen molar-refractivity contribution in [2.45, 2.75) is 26.1 Å². The van der Waals surface area contributed by atoms with Crippen LogP contribution in [0, 0.1) is 19.7 Å². The zero-order valence-electron chi connectivity index (χ0n) is 18.9. The molecule has 0 bridgehead atoms.